The van der Waals surface area contributed by atoms with E-state index < -0.39 is 11.0 Å². The second-order valence-corrected chi connectivity index (χ2v) is 5.08. The van der Waals surface area contributed by atoms with E-state index in [0.29, 0.717) is 12.1 Å². The van der Waals surface area contributed by atoms with E-state index in [1.165, 1.54) is 17.7 Å². The van der Waals surface area contributed by atoms with Gasteiger partial charge in [0, 0.05) is 31.4 Å². The SMILES string of the molecule is Cc1ccc(N(C)CC(O)c2cccc([N+](=O)[O-])c2)cc1. The van der Waals surface area contributed by atoms with E-state index >= 15 is 0 Å². The van der Waals surface area contributed by atoms with Gasteiger partial charge in [-0.1, -0.05) is 29.8 Å². The van der Waals surface area contributed by atoms with E-state index in [4.69, 9.17) is 0 Å². The first-order valence-electron chi connectivity index (χ1n) is 6.67. The Hall–Kier alpha value is -2.40. The molecule has 21 heavy (non-hydrogen) atoms. The van der Waals surface area contributed by atoms with Crippen molar-refractivity contribution in [1.29, 1.82) is 0 Å². The molecule has 0 aliphatic rings. The van der Waals surface area contributed by atoms with Gasteiger partial charge in [0.05, 0.1) is 11.0 Å². The summed E-state index contributed by atoms with van der Waals surface area (Å²) in [6.45, 7) is 2.38. The fraction of sp³-hybridized carbons (Fsp3) is 0.250. The Balaban J connectivity index is 2.10. The molecule has 0 spiro atoms. The van der Waals surface area contributed by atoms with Gasteiger partial charge in [-0.25, -0.2) is 0 Å². The molecule has 5 heteroatoms. The number of likely N-dealkylation sites (N-methyl/N-ethyl adjacent to an activating group) is 1. The minimum atomic E-state index is -0.781. The van der Waals surface area contributed by atoms with Crippen molar-refractivity contribution in [3.63, 3.8) is 0 Å². The third-order valence-electron chi connectivity index (χ3n) is 3.39. The number of aliphatic hydroxyl groups is 1. The third-order valence-corrected chi connectivity index (χ3v) is 3.39. The Morgan fingerprint density at radius 1 is 1.24 bits per heavy atom. The molecule has 5 nitrogen and oxygen atoms in total. The number of nitrogens with zero attached hydrogens (tertiary/aromatic N) is 2. The maximum Gasteiger partial charge on any atom is 0.269 e. The fourth-order valence-electron chi connectivity index (χ4n) is 2.12. The van der Waals surface area contributed by atoms with Crippen LogP contribution in [0, 0.1) is 17.0 Å². The van der Waals surface area contributed by atoms with E-state index in [1.807, 2.05) is 43.1 Å². The van der Waals surface area contributed by atoms with Gasteiger partial charge in [0.1, 0.15) is 0 Å². The Bertz CT molecular complexity index is 626. The van der Waals surface area contributed by atoms with E-state index in [0.717, 1.165) is 5.69 Å². The van der Waals surface area contributed by atoms with Gasteiger partial charge in [0.25, 0.3) is 5.69 Å². The number of nitro benzene ring substituents is 1. The number of non-ortho nitro benzene ring substituents is 1. The van der Waals surface area contributed by atoms with Crippen LogP contribution in [0.5, 0.6) is 0 Å². The van der Waals surface area contributed by atoms with E-state index in [2.05, 4.69) is 0 Å². The van der Waals surface area contributed by atoms with Gasteiger partial charge in [0.2, 0.25) is 0 Å². The van der Waals surface area contributed by atoms with Crippen molar-refractivity contribution in [2.75, 3.05) is 18.5 Å². The van der Waals surface area contributed by atoms with Crippen LogP contribution < -0.4 is 4.90 Å². The first-order valence-corrected chi connectivity index (χ1v) is 6.67. The highest BCUT2D eigenvalue weighted by Gasteiger charge is 2.14. The maximum atomic E-state index is 10.8. The molecular formula is C16H18N2O3. The molecule has 0 heterocycles. The molecule has 0 radical (unpaired) electrons. The highest BCUT2D eigenvalue weighted by atomic mass is 16.6. The first kappa shape index (κ1) is 15.0. The van der Waals surface area contributed by atoms with Crippen LogP contribution >= 0.6 is 0 Å². The van der Waals surface area contributed by atoms with Crippen molar-refractivity contribution in [1.82, 2.24) is 0 Å². The molecule has 2 rings (SSSR count). The molecule has 0 aliphatic carbocycles. The van der Waals surface area contributed by atoms with Crippen molar-refractivity contribution >= 4 is 11.4 Å². The van der Waals surface area contributed by atoms with E-state index in [9.17, 15) is 15.2 Å². The summed E-state index contributed by atoms with van der Waals surface area (Å²) in [5, 5.41) is 21.0. The number of rotatable bonds is 5. The zero-order valence-corrected chi connectivity index (χ0v) is 12.1. The molecule has 1 N–H and O–H groups in total. The summed E-state index contributed by atoms with van der Waals surface area (Å²) in [5.41, 5.74) is 2.70. The summed E-state index contributed by atoms with van der Waals surface area (Å²) in [6, 6.07) is 14.1. The zero-order chi connectivity index (χ0) is 15.4. The van der Waals surface area contributed by atoms with Crippen LogP contribution in [0.25, 0.3) is 0 Å². The molecule has 0 saturated heterocycles. The van der Waals surface area contributed by atoms with Crippen molar-refractivity contribution in [3.05, 3.63) is 69.8 Å². The largest absolute Gasteiger partial charge is 0.387 e. The zero-order valence-electron chi connectivity index (χ0n) is 12.1. The van der Waals surface area contributed by atoms with Gasteiger partial charge in [0.15, 0.2) is 0 Å². The van der Waals surface area contributed by atoms with Gasteiger partial charge in [-0.3, -0.25) is 10.1 Å². The van der Waals surface area contributed by atoms with Crippen LogP contribution in [0.3, 0.4) is 0 Å². The molecule has 2 aromatic carbocycles. The summed E-state index contributed by atoms with van der Waals surface area (Å²) in [6.07, 6.45) is -0.781. The molecular weight excluding hydrogens is 268 g/mol. The lowest BCUT2D eigenvalue weighted by Crippen LogP contribution is -2.24. The summed E-state index contributed by atoms with van der Waals surface area (Å²) < 4.78 is 0. The average molecular weight is 286 g/mol. The van der Waals surface area contributed by atoms with Gasteiger partial charge in [-0.15, -0.1) is 0 Å². The van der Waals surface area contributed by atoms with E-state index in [1.54, 1.807) is 12.1 Å². The molecule has 1 atom stereocenters. The molecule has 0 saturated carbocycles. The summed E-state index contributed by atoms with van der Waals surface area (Å²) in [7, 11) is 1.88. The number of hydrogen-bond acceptors (Lipinski definition) is 4. The lowest BCUT2D eigenvalue weighted by atomic mass is 10.1. The first-order chi connectivity index (χ1) is 9.97. The summed E-state index contributed by atoms with van der Waals surface area (Å²) in [5.74, 6) is 0. The quantitative estimate of drug-likeness (QED) is 0.677. The van der Waals surface area contributed by atoms with Crippen LogP contribution in [-0.2, 0) is 0 Å². The Morgan fingerprint density at radius 3 is 2.52 bits per heavy atom. The lowest BCUT2D eigenvalue weighted by Gasteiger charge is -2.23. The monoisotopic (exact) mass is 286 g/mol. The summed E-state index contributed by atoms with van der Waals surface area (Å²) >= 11 is 0. The molecule has 2 aromatic rings. The fourth-order valence-corrected chi connectivity index (χ4v) is 2.12. The predicted octanol–water partition coefficient (Wildman–Crippen LogP) is 3.07. The number of aliphatic hydroxyl groups excluding tert-OH is 1. The lowest BCUT2D eigenvalue weighted by molar-refractivity contribution is -0.385. The van der Waals surface area contributed by atoms with Crippen molar-refractivity contribution in [2.24, 2.45) is 0 Å². The van der Waals surface area contributed by atoms with Gasteiger partial charge < -0.3 is 10.0 Å². The van der Waals surface area contributed by atoms with Gasteiger partial charge in [-0.05, 0) is 24.6 Å². The number of hydrogen-bond donors (Lipinski definition) is 1. The van der Waals surface area contributed by atoms with Crippen molar-refractivity contribution in [3.8, 4) is 0 Å². The minimum absolute atomic E-state index is 0.00969. The third kappa shape index (κ3) is 3.79. The van der Waals surface area contributed by atoms with Gasteiger partial charge >= 0.3 is 0 Å². The predicted molar refractivity (Wildman–Crippen MR) is 82.5 cm³/mol. The van der Waals surface area contributed by atoms with Crippen LogP contribution in [0.2, 0.25) is 0 Å². The molecule has 1 unspecified atom stereocenters. The Labute approximate surface area is 123 Å². The van der Waals surface area contributed by atoms with Gasteiger partial charge in [-0.2, -0.15) is 0 Å². The summed E-state index contributed by atoms with van der Waals surface area (Å²) in [4.78, 5) is 12.2. The smallest absolute Gasteiger partial charge is 0.269 e. The van der Waals surface area contributed by atoms with Crippen molar-refractivity contribution < 1.29 is 10.0 Å². The number of anilines is 1. The van der Waals surface area contributed by atoms with E-state index in [-0.39, 0.29) is 5.69 Å². The molecule has 110 valence electrons. The Kier molecular flexibility index (Phi) is 4.55. The second kappa shape index (κ2) is 6.37. The highest BCUT2D eigenvalue weighted by Crippen LogP contribution is 2.22. The topological polar surface area (TPSA) is 66.6 Å². The van der Waals surface area contributed by atoms with Crippen LogP contribution in [0.4, 0.5) is 11.4 Å². The van der Waals surface area contributed by atoms with Crippen LogP contribution in [0.1, 0.15) is 17.2 Å². The normalized spacial score (nSPS) is 12.0. The standard InChI is InChI=1S/C16H18N2O3/c1-12-6-8-14(9-7-12)17(2)11-16(19)13-4-3-5-15(10-13)18(20)21/h3-10,16,19H,11H2,1-2H3. The second-order valence-electron chi connectivity index (χ2n) is 5.08. The molecule has 0 aliphatic heterocycles. The Morgan fingerprint density at radius 2 is 1.90 bits per heavy atom. The number of aryl methyl sites for hydroxylation is 1. The van der Waals surface area contributed by atoms with Crippen LogP contribution in [0.15, 0.2) is 48.5 Å². The van der Waals surface area contributed by atoms with Crippen molar-refractivity contribution in [2.45, 2.75) is 13.0 Å². The number of benzene rings is 2. The maximum absolute atomic E-state index is 10.8. The molecule has 0 bridgehead atoms. The number of nitro groups is 1. The minimum Gasteiger partial charge on any atom is -0.387 e. The molecule has 0 fully saturated rings. The molecule has 0 amide bonds. The molecule has 0 aromatic heterocycles. The van der Waals surface area contributed by atoms with Crippen LogP contribution in [-0.4, -0.2) is 23.6 Å². The highest BCUT2D eigenvalue weighted by molar-refractivity contribution is 5.47. The average Bonchev–Trinajstić information content (AvgIpc) is 2.48.